The second-order valence-electron chi connectivity index (χ2n) is 3.77. The minimum atomic E-state index is -0.339. The molecule has 1 fully saturated rings. The minimum Gasteiger partial charge on any atom is -0.316 e. The van der Waals surface area contributed by atoms with Crippen LogP contribution in [0, 0.1) is 5.92 Å². The zero-order valence-electron chi connectivity index (χ0n) is 8.04. The normalized spacial score (nSPS) is 27.8. The molecule has 0 amide bonds. The summed E-state index contributed by atoms with van der Waals surface area (Å²) in [5, 5.41) is 7.84. The molecule has 1 aliphatic heterocycles. The second-order valence-corrected chi connectivity index (χ2v) is 3.77. The van der Waals surface area contributed by atoms with Gasteiger partial charge >= 0.3 is 11.4 Å². The molecule has 1 aliphatic rings. The Morgan fingerprint density at radius 3 is 2.50 bits per heavy atom. The molecular weight excluding hydrogens is 184 g/mol. The fraction of sp³-hybridized carbons (Fsp3) is 0.750. The first-order valence-electron chi connectivity index (χ1n) is 4.80. The molecule has 1 aromatic heterocycles. The number of aromatic amines is 2. The summed E-state index contributed by atoms with van der Waals surface area (Å²) in [6.07, 6.45) is 0.821. The second kappa shape index (κ2) is 3.45. The summed E-state index contributed by atoms with van der Waals surface area (Å²) >= 11 is 0. The van der Waals surface area contributed by atoms with Crippen molar-refractivity contribution in [1.29, 1.82) is 0 Å². The largest absolute Gasteiger partial charge is 0.344 e. The lowest BCUT2D eigenvalue weighted by molar-refractivity contribution is 0.264. The van der Waals surface area contributed by atoms with E-state index in [1.165, 1.54) is 4.57 Å². The summed E-state index contributed by atoms with van der Waals surface area (Å²) in [7, 11) is 0. The van der Waals surface area contributed by atoms with Crippen molar-refractivity contribution in [3.63, 3.8) is 0 Å². The number of piperidine rings is 1. The van der Waals surface area contributed by atoms with Crippen molar-refractivity contribution in [3.05, 3.63) is 21.0 Å². The van der Waals surface area contributed by atoms with E-state index in [0.29, 0.717) is 5.92 Å². The fourth-order valence-electron chi connectivity index (χ4n) is 2.00. The highest BCUT2D eigenvalue weighted by Gasteiger charge is 2.25. The number of rotatable bonds is 1. The molecule has 1 saturated heterocycles. The van der Waals surface area contributed by atoms with E-state index in [9.17, 15) is 9.59 Å². The van der Waals surface area contributed by atoms with Gasteiger partial charge in [-0.05, 0) is 25.4 Å². The quantitative estimate of drug-likeness (QED) is 0.543. The molecule has 2 heterocycles. The zero-order valence-corrected chi connectivity index (χ0v) is 8.04. The predicted molar refractivity (Wildman–Crippen MR) is 51.4 cm³/mol. The number of nitrogens with one attached hydrogen (secondary N) is 3. The van der Waals surface area contributed by atoms with Crippen LogP contribution in [0.5, 0.6) is 0 Å². The van der Waals surface area contributed by atoms with Gasteiger partial charge in [0, 0.05) is 6.04 Å². The van der Waals surface area contributed by atoms with Gasteiger partial charge in [-0.15, -0.1) is 0 Å². The number of hydrogen-bond acceptors (Lipinski definition) is 3. The van der Waals surface area contributed by atoms with Crippen LogP contribution in [0.15, 0.2) is 9.59 Å². The Morgan fingerprint density at radius 2 is 1.93 bits per heavy atom. The van der Waals surface area contributed by atoms with Crippen LogP contribution in [-0.4, -0.2) is 27.9 Å². The van der Waals surface area contributed by atoms with Crippen molar-refractivity contribution >= 4 is 0 Å². The van der Waals surface area contributed by atoms with Crippen molar-refractivity contribution in [2.24, 2.45) is 5.92 Å². The van der Waals surface area contributed by atoms with E-state index in [1.807, 2.05) is 6.92 Å². The zero-order chi connectivity index (χ0) is 10.1. The van der Waals surface area contributed by atoms with Crippen LogP contribution >= 0.6 is 0 Å². The first-order chi connectivity index (χ1) is 6.70. The highest BCUT2D eigenvalue weighted by Crippen LogP contribution is 2.20. The van der Waals surface area contributed by atoms with Crippen molar-refractivity contribution in [3.8, 4) is 0 Å². The topological polar surface area (TPSA) is 82.7 Å². The molecule has 6 heteroatoms. The van der Waals surface area contributed by atoms with Crippen molar-refractivity contribution in [1.82, 2.24) is 20.1 Å². The molecule has 6 nitrogen and oxygen atoms in total. The number of H-pyrrole nitrogens is 2. The SMILES string of the molecule is CC1CNCCC1n1c(=O)[nH][nH]c1=O. The van der Waals surface area contributed by atoms with E-state index < -0.39 is 0 Å². The van der Waals surface area contributed by atoms with Gasteiger partial charge in [-0.25, -0.2) is 24.4 Å². The summed E-state index contributed by atoms with van der Waals surface area (Å²) in [6, 6.07) is 0.0127. The first kappa shape index (κ1) is 9.26. The van der Waals surface area contributed by atoms with Crippen molar-refractivity contribution in [2.75, 3.05) is 13.1 Å². The van der Waals surface area contributed by atoms with E-state index in [2.05, 4.69) is 15.5 Å². The molecule has 78 valence electrons. The number of hydrogen-bond donors (Lipinski definition) is 3. The van der Waals surface area contributed by atoms with Crippen LogP contribution in [0.4, 0.5) is 0 Å². The van der Waals surface area contributed by atoms with Gasteiger partial charge in [-0.1, -0.05) is 6.92 Å². The lowest BCUT2D eigenvalue weighted by Crippen LogP contribution is -2.42. The standard InChI is InChI=1S/C8H14N4O2/c1-5-4-9-3-2-6(5)12-7(13)10-11-8(12)14/h5-6,9H,2-4H2,1H3,(H,10,13)(H,11,14). The third-order valence-corrected chi connectivity index (χ3v) is 2.79. The lowest BCUT2D eigenvalue weighted by Gasteiger charge is -2.28. The van der Waals surface area contributed by atoms with E-state index in [1.54, 1.807) is 0 Å². The molecule has 0 radical (unpaired) electrons. The maximum atomic E-state index is 11.3. The molecule has 0 spiro atoms. The Hall–Kier alpha value is -1.30. The number of aromatic nitrogens is 3. The summed E-state index contributed by atoms with van der Waals surface area (Å²) < 4.78 is 1.28. The molecule has 2 atom stereocenters. The summed E-state index contributed by atoms with van der Waals surface area (Å²) in [5.74, 6) is 0.304. The van der Waals surface area contributed by atoms with Crippen LogP contribution in [0.1, 0.15) is 19.4 Å². The Morgan fingerprint density at radius 1 is 1.29 bits per heavy atom. The van der Waals surface area contributed by atoms with Crippen LogP contribution in [0.2, 0.25) is 0 Å². The average molecular weight is 198 g/mol. The summed E-state index contributed by atoms with van der Waals surface area (Å²) in [5.41, 5.74) is -0.678. The number of nitrogens with zero attached hydrogens (tertiary/aromatic N) is 1. The Kier molecular flexibility index (Phi) is 2.28. The van der Waals surface area contributed by atoms with Crippen LogP contribution in [0.3, 0.4) is 0 Å². The van der Waals surface area contributed by atoms with E-state index in [4.69, 9.17) is 0 Å². The average Bonchev–Trinajstić information content (AvgIpc) is 2.48. The van der Waals surface area contributed by atoms with Crippen LogP contribution < -0.4 is 16.7 Å². The summed E-state index contributed by atoms with van der Waals surface area (Å²) in [6.45, 7) is 3.74. The molecule has 3 N–H and O–H groups in total. The highest BCUT2D eigenvalue weighted by atomic mass is 16.2. The van der Waals surface area contributed by atoms with E-state index in [0.717, 1.165) is 19.5 Å². The van der Waals surface area contributed by atoms with Gasteiger partial charge in [-0.3, -0.25) is 0 Å². The Labute approximate surface area is 80.3 Å². The smallest absolute Gasteiger partial charge is 0.316 e. The lowest BCUT2D eigenvalue weighted by atomic mass is 9.95. The van der Waals surface area contributed by atoms with Gasteiger partial charge < -0.3 is 5.32 Å². The van der Waals surface area contributed by atoms with Crippen LogP contribution in [-0.2, 0) is 0 Å². The molecule has 2 rings (SSSR count). The minimum absolute atomic E-state index is 0.0127. The molecule has 1 aromatic rings. The van der Waals surface area contributed by atoms with E-state index >= 15 is 0 Å². The van der Waals surface area contributed by atoms with E-state index in [-0.39, 0.29) is 17.4 Å². The highest BCUT2D eigenvalue weighted by molar-refractivity contribution is 4.83. The van der Waals surface area contributed by atoms with Gasteiger partial charge in [0.2, 0.25) is 0 Å². The third-order valence-electron chi connectivity index (χ3n) is 2.79. The fourth-order valence-corrected chi connectivity index (χ4v) is 2.00. The monoisotopic (exact) mass is 198 g/mol. The van der Waals surface area contributed by atoms with Gasteiger partial charge in [-0.2, -0.15) is 0 Å². The van der Waals surface area contributed by atoms with Gasteiger partial charge in [0.15, 0.2) is 0 Å². The summed E-state index contributed by atoms with van der Waals surface area (Å²) in [4.78, 5) is 22.7. The molecule has 0 saturated carbocycles. The molecule has 0 aromatic carbocycles. The van der Waals surface area contributed by atoms with Crippen molar-refractivity contribution < 1.29 is 0 Å². The molecule has 0 bridgehead atoms. The molecular formula is C8H14N4O2. The Bertz CT molecular complexity index is 388. The molecule has 0 aliphatic carbocycles. The maximum Gasteiger partial charge on any atom is 0.344 e. The van der Waals surface area contributed by atoms with Crippen LogP contribution in [0.25, 0.3) is 0 Å². The maximum absolute atomic E-state index is 11.3. The third kappa shape index (κ3) is 1.41. The van der Waals surface area contributed by atoms with Gasteiger partial charge in [0.05, 0.1) is 0 Å². The molecule has 2 unspecified atom stereocenters. The van der Waals surface area contributed by atoms with Crippen molar-refractivity contribution in [2.45, 2.75) is 19.4 Å². The Balaban J connectivity index is 2.38. The van der Waals surface area contributed by atoms with Gasteiger partial charge in [0.1, 0.15) is 0 Å². The molecule has 14 heavy (non-hydrogen) atoms. The first-order valence-corrected chi connectivity index (χ1v) is 4.80. The van der Waals surface area contributed by atoms with Gasteiger partial charge in [0.25, 0.3) is 0 Å². The predicted octanol–water partition coefficient (Wildman–Crippen LogP) is -0.965.